The van der Waals surface area contributed by atoms with E-state index < -0.39 is 29.6 Å². The summed E-state index contributed by atoms with van der Waals surface area (Å²) >= 11 is 0. The van der Waals surface area contributed by atoms with E-state index in [0.29, 0.717) is 28.7 Å². The Balaban J connectivity index is 1.35. The number of nitrogens with two attached hydrogens (primary N) is 1. The molecule has 5 atom stereocenters. The average molecular weight is 447 g/mol. The van der Waals surface area contributed by atoms with E-state index in [4.69, 9.17) is 5.73 Å². The van der Waals surface area contributed by atoms with Crippen LogP contribution in [0.25, 0.3) is 5.57 Å². The lowest BCUT2D eigenvalue weighted by Crippen LogP contribution is -2.50. The van der Waals surface area contributed by atoms with Crippen LogP contribution in [0.15, 0.2) is 41.2 Å². The minimum atomic E-state index is -0.933. The molecular weight excluding hydrogens is 425 g/mol. The molecule has 33 heavy (non-hydrogen) atoms. The molecule has 2 aliphatic carbocycles. The van der Waals surface area contributed by atoms with Gasteiger partial charge in [-0.15, -0.1) is 0 Å². The lowest BCUT2D eigenvalue weighted by Gasteiger charge is -2.24. The van der Waals surface area contributed by atoms with Gasteiger partial charge in [-0.3, -0.25) is 14.4 Å². The molecule has 5 rings (SSSR count). The number of nitrogens with zero attached hydrogens (tertiary/aromatic N) is 2. The maximum atomic E-state index is 14.4. The van der Waals surface area contributed by atoms with Gasteiger partial charge in [-0.2, -0.15) is 5.26 Å². The van der Waals surface area contributed by atoms with Gasteiger partial charge in [-0.1, -0.05) is 18.2 Å². The number of aliphatic imine (C=N–C) groups is 1. The molecule has 2 fully saturated rings. The fraction of sp³-hybridized carbons (Fsp3) is 0.375. The van der Waals surface area contributed by atoms with Crippen molar-refractivity contribution >= 4 is 29.0 Å². The second-order valence-corrected chi connectivity index (χ2v) is 8.98. The molecule has 2 bridgehead atoms. The van der Waals surface area contributed by atoms with Crippen molar-refractivity contribution in [2.24, 2.45) is 22.6 Å². The number of benzene rings is 1. The number of allylic oxidation sites excluding steroid dienone is 2. The van der Waals surface area contributed by atoms with Crippen LogP contribution >= 0.6 is 0 Å². The van der Waals surface area contributed by atoms with Gasteiger partial charge in [0.05, 0.1) is 18.0 Å². The SMILES string of the molecule is N#CC(Cc1ccc2c(c1)C(=O)N=C1C(F)=CC(C(N)=O)C=C12)NC(=O)[C@H]1N[C@@H]2CC[C@H]1C2. The van der Waals surface area contributed by atoms with Crippen molar-refractivity contribution in [2.75, 3.05) is 0 Å². The highest BCUT2D eigenvalue weighted by atomic mass is 19.1. The molecule has 1 saturated carbocycles. The lowest BCUT2D eigenvalue weighted by atomic mass is 9.84. The van der Waals surface area contributed by atoms with Crippen LogP contribution in [0.5, 0.6) is 0 Å². The molecule has 8 nitrogen and oxygen atoms in total. The van der Waals surface area contributed by atoms with Crippen molar-refractivity contribution in [3.05, 3.63) is 52.9 Å². The molecule has 1 saturated heterocycles. The monoisotopic (exact) mass is 447 g/mol. The number of fused-ring (bicyclic) bond motifs is 5. The highest BCUT2D eigenvalue weighted by Crippen LogP contribution is 2.36. The number of piperidine rings is 1. The molecule has 0 spiro atoms. The average Bonchev–Trinajstić information content (AvgIpc) is 3.43. The predicted octanol–water partition coefficient (Wildman–Crippen LogP) is 1.32. The minimum absolute atomic E-state index is 0.113. The topological polar surface area (TPSA) is 137 Å². The quantitative estimate of drug-likeness (QED) is 0.625. The molecule has 4 N–H and O–H groups in total. The second kappa shape index (κ2) is 8.05. The third kappa shape index (κ3) is 3.76. The van der Waals surface area contributed by atoms with Gasteiger partial charge in [0.2, 0.25) is 11.8 Å². The van der Waals surface area contributed by atoms with E-state index in [-0.39, 0.29) is 29.6 Å². The third-order valence-corrected chi connectivity index (χ3v) is 6.85. The number of carbonyl (C=O) groups excluding carboxylic acids is 3. The summed E-state index contributed by atoms with van der Waals surface area (Å²) in [6.07, 6.45) is 5.84. The molecule has 3 amide bonds. The zero-order valence-corrected chi connectivity index (χ0v) is 17.7. The van der Waals surface area contributed by atoms with Gasteiger partial charge in [-0.25, -0.2) is 9.38 Å². The molecule has 9 heteroatoms. The van der Waals surface area contributed by atoms with Gasteiger partial charge >= 0.3 is 0 Å². The van der Waals surface area contributed by atoms with Crippen molar-refractivity contribution in [3.63, 3.8) is 0 Å². The summed E-state index contributed by atoms with van der Waals surface area (Å²) in [5.74, 6) is -2.87. The zero-order chi connectivity index (χ0) is 23.3. The number of rotatable bonds is 5. The standard InChI is InChI=1S/C24H22FN5O3/c25-19-9-13(22(27)31)8-17-16-4-1-11(6-18(16)23(32)30-21(17)19)5-15(10-26)29-24(33)20-12-2-3-14(7-12)28-20/h1,4,6,8-9,12-15,20,28H,2-3,5,7H2,(H2,27,31)(H,29,33)/t12-,13?,14+,15?,20-/m0/s1. The number of amides is 3. The summed E-state index contributed by atoms with van der Waals surface area (Å²) in [7, 11) is 0. The Morgan fingerprint density at radius 1 is 1.30 bits per heavy atom. The highest BCUT2D eigenvalue weighted by molar-refractivity contribution is 6.38. The first-order chi connectivity index (χ1) is 15.8. The summed E-state index contributed by atoms with van der Waals surface area (Å²) in [6, 6.07) is 6.43. The van der Waals surface area contributed by atoms with Gasteiger partial charge in [0.15, 0.2) is 0 Å². The van der Waals surface area contributed by atoms with E-state index in [9.17, 15) is 24.0 Å². The summed E-state index contributed by atoms with van der Waals surface area (Å²) < 4.78 is 14.4. The zero-order valence-electron chi connectivity index (χ0n) is 17.7. The van der Waals surface area contributed by atoms with E-state index in [1.165, 1.54) is 6.08 Å². The molecule has 168 valence electrons. The maximum Gasteiger partial charge on any atom is 0.278 e. The van der Waals surface area contributed by atoms with Crippen molar-refractivity contribution < 1.29 is 18.8 Å². The Morgan fingerprint density at radius 2 is 2.12 bits per heavy atom. The molecule has 1 aromatic carbocycles. The smallest absolute Gasteiger partial charge is 0.278 e. The van der Waals surface area contributed by atoms with Crippen LogP contribution in [-0.4, -0.2) is 41.6 Å². The van der Waals surface area contributed by atoms with Gasteiger partial charge in [0.1, 0.15) is 17.6 Å². The number of nitriles is 1. The normalized spacial score (nSPS) is 28.0. The van der Waals surface area contributed by atoms with Crippen LogP contribution < -0.4 is 16.4 Å². The fourth-order valence-electron chi connectivity index (χ4n) is 5.24. The number of hydrogen-bond donors (Lipinski definition) is 3. The lowest BCUT2D eigenvalue weighted by molar-refractivity contribution is -0.124. The molecule has 0 radical (unpaired) electrons. The summed E-state index contributed by atoms with van der Waals surface area (Å²) in [6.45, 7) is 0. The Morgan fingerprint density at radius 3 is 2.79 bits per heavy atom. The van der Waals surface area contributed by atoms with Crippen molar-refractivity contribution in [1.82, 2.24) is 10.6 Å². The highest BCUT2D eigenvalue weighted by Gasteiger charge is 2.43. The first-order valence-corrected chi connectivity index (χ1v) is 11.0. The largest absolute Gasteiger partial charge is 0.369 e. The van der Waals surface area contributed by atoms with Crippen LogP contribution in [0.3, 0.4) is 0 Å². The van der Waals surface area contributed by atoms with Crippen molar-refractivity contribution in [2.45, 2.75) is 43.8 Å². The maximum absolute atomic E-state index is 14.4. The molecule has 0 aromatic heterocycles. The first-order valence-electron chi connectivity index (χ1n) is 11.0. The Labute approximate surface area is 189 Å². The van der Waals surface area contributed by atoms with Crippen molar-refractivity contribution in [1.29, 1.82) is 5.26 Å². The Hall–Kier alpha value is -3.64. The molecule has 2 unspecified atom stereocenters. The van der Waals surface area contributed by atoms with E-state index >= 15 is 0 Å². The van der Waals surface area contributed by atoms with E-state index in [1.807, 2.05) is 0 Å². The van der Waals surface area contributed by atoms with Crippen LogP contribution in [0.4, 0.5) is 4.39 Å². The molecule has 2 heterocycles. The van der Waals surface area contributed by atoms with Crippen LogP contribution in [0.1, 0.15) is 40.7 Å². The van der Waals surface area contributed by atoms with Crippen LogP contribution in [-0.2, 0) is 16.0 Å². The van der Waals surface area contributed by atoms with E-state index in [0.717, 1.165) is 25.3 Å². The van der Waals surface area contributed by atoms with E-state index in [2.05, 4.69) is 21.7 Å². The van der Waals surface area contributed by atoms with Gasteiger partial charge in [0, 0.05) is 23.6 Å². The summed E-state index contributed by atoms with van der Waals surface area (Å²) in [5.41, 5.74) is 6.91. The number of nitrogens with one attached hydrogen (secondary N) is 2. The van der Waals surface area contributed by atoms with Gasteiger partial charge in [0.25, 0.3) is 5.91 Å². The first kappa shape index (κ1) is 21.2. The van der Waals surface area contributed by atoms with E-state index in [1.54, 1.807) is 18.2 Å². The number of halogens is 1. The number of hydrogen-bond acceptors (Lipinski definition) is 5. The second-order valence-electron chi connectivity index (χ2n) is 8.98. The molecule has 2 aliphatic heterocycles. The molecule has 4 aliphatic rings. The summed E-state index contributed by atoms with van der Waals surface area (Å²) in [4.78, 5) is 40.7. The Kier molecular flexibility index (Phi) is 5.17. The Bertz CT molecular complexity index is 1210. The van der Waals surface area contributed by atoms with Crippen LogP contribution in [0, 0.1) is 23.2 Å². The number of primary amides is 1. The third-order valence-electron chi connectivity index (χ3n) is 6.85. The molecule has 1 aromatic rings. The van der Waals surface area contributed by atoms with Gasteiger partial charge < -0.3 is 16.4 Å². The van der Waals surface area contributed by atoms with Gasteiger partial charge in [-0.05, 0) is 48.4 Å². The fourth-order valence-corrected chi connectivity index (χ4v) is 5.24. The van der Waals surface area contributed by atoms with Crippen LogP contribution in [0.2, 0.25) is 0 Å². The van der Waals surface area contributed by atoms with Crippen molar-refractivity contribution in [3.8, 4) is 6.07 Å². The molecular formula is C24H22FN5O3. The summed E-state index contributed by atoms with van der Waals surface area (Å²) in [5, 5.41) is 15.7. The minimum Gasteiger partial charge on any atom is -0.369 e. The number of carbonyl (C=O) groups is 3. The predicted molar refractivity (Wildman–Crippen MR) is 117 cm³/mol.